The molecule has 2 saturated heterocycles. The van der Waals surface area contributed by atoms with Gasteiger partial charge in [-0.1, -0.05) is 0 Å². The van der Waals surface area contributed by atoms with Gasteiger partial charge in [0.1, 0.15) is 23.4 Å². The molecule has 3 rings (SSSR count). The van der Waals surface area contributed by atoms with Gasteiger partial charge in [0.2, 0.25) is 5.91 Å². The molecule has 0 aliphatic carbocycles. The fourth-order valence-electron chi connectivity index (χ4n) is 3.76. The zero-order chi connectivity index (χ0) is 22.8. The molecule has 2 amide bonds. The van der Waals surface area contributed by atoms with Crippen molar-refractivity contribution in [2.24, 2.45) is 5.92 Å². The first kappa shape index (κ1) is 23.1. The lowest BCUT2D eigenvalue weighted by Gasteiger charge is -2.39. The van der Waals surface area contributed by atoms with E-state index in [0.29, 0.717) is 45.7 Å². The number of piperazine rings is 1. The highest BCUT2D eigenvalue weighted by Gasteiger charge is 2.36. The molecule has 0 bridgehead atoms. The third kappa shape index (κ3) is 5.98. The minimum Gasteiger partial charge on any atom is -0.444 e. The lowest BCUT2D eigenvalue weighted by atomic mass is 9.96. The Morgan fingerprint density at radius 3 is 2.32 bits per heavy atom. The van der Waals surface area contributed by atoms with Crippen molar-refractivity contribution < 1.29 is 27.5 Å². The third-order valence-electron chi connectivity index (χ3n) is 5.28. The number of rotatable bonds is 2. The van der Waals surface area contributed by atoms with Crippen molar-refractivity contribution >= 4 is 17.8 Å². The van der Waals surface area contributed by atoms with Crippen LogP contribution in [-0.4, -0.2) is 76.6 Å². The number of aromatic nitrogens is 2. The average Bonchev–Trinajstić information content (AvgIpc) is 2.72. The molecule has 172 valence electrons. The van der Waals surface area contributed by atoms with Crippen LogP contribution in [0.1, 0.15) is 39.3 Å². The van der Waals surface area contributed by atoms with E-state index in [1.807, 2.05) is 0 Å². The smallest absolute Gasteiger partial charge is 0.433 e. The molecule has 2 aliphatic rings. The van der Waals surface area contributed by atoms with Crippen molar-refractivity contribution in [3.63, 3.8) is 0 Å². The summed E-state index contributed by atoms with van der Waals surface area (Å²) < 4.78 is 44.1. The van der Waals surface area contributed by atoms with E-state index in [0.717, 1.165) is 18.8 Å². The van der Waals surface area contributed by atoms with E-state index in [1.165, 1.54) is 0 Å². The lowest BCUT2D eigenvalue weighted by molar-refractivity contribution is -0.141. The van der Waals surface area contributed by atoms with Gasteiger partial charge in [0, 0.05) is 45.3 Å². The van der Waals surface area contributed by atoms with Crippen molar-refractivity contribution in [3.8, 4) is 0 Å². The van der Waals surface area contributed by atoms with E-state index in [4.69, 9.17) is 4.74 Å². The van der Waals surface area contributed by atoms with Gasteiger partial charge in [-0.15, -0.1) is 0 Å². The molecule has 8 nitrogen and oxygen atoms in total. The second kappa shape index (κ2) is 8.88. The Labute approximate surface area is 179 Å². The molecule has 2 aliphatic heterocycles. The second-order valence-electron chi connectivity index (χ2n) is 8.84. The fourth-order valence-corrected chi connectivity index (χ4v) is 3.76. The van der Waals surface area contributed by atoms with Crippen molar-refractivity contribution in [1.29, 1.82) is 0 Å². The average molecular weight is 443 g/mol. The molecule has 0 spiro atoms. The summed E-state index contributed by atoms with van der Waals surface area (Å²) in [6, 6.07) is 0.928. The maximum absolute atomic E-state index is 13.0. The van der Waals surface area contributed by atoms with Crippen molar-refractivity contribution in [2.75, 3.05) is 44.2 Å². The Balaban J connectivity index is 1.56. The molecule has 1 aromatic rings. The zero-order valence-corrected chi connectivity index (χ0v) is 18.0. The number of carbonyl (C=O) groups is 2. The molecule has 31 heavy (non-hydrogen) atoms. The van der Waals surface area contributed by atoms with Gasteiger partial charge in [-0.3, -0.25) is 4.79 Å². The maximum Gasteiger partial charge on any atom is 0.433 e. The highest BCUT2D eigenvalue weighted by molar-refractivity contribution is 5.80. The van der Waals surface area contributed by atoms with Crippen LogP contribution in [0.4, 0.5) is 23.8 Å². The van der Waals surface area contributed by atoms with Crippen LogP contribution in [0, 0.1) is 5.92 Å². The summed E-state index contributed by atoms with van der Waals surface area (Å²) in [5, 5.41) is 0. The number of halogens is 3. The Morgan fingerprint density at radius 2 is 1.71 bits per heavy atom. The van der Waals surface area contributed by atoms with Crippen LogP contribution >= 0.6 is 0 Å². The number of alkyl halides is 3. The summed E-state index contributed by atoms with van der Waals surface area (Å²) in [4.78, 5) is 37.6. The molecule has 1 atom stereocenters. The first-order valence-corrected chi connectivity index (χ1v) is 10.3. The van der Waals surface area contributed by atoms with Crippen LogP contribution < -0.4 is 4.90 Å². The highest BCUT2D eigenvalue weighted by atomic mass is 19.4. The minimum atomic E-state index is -4.53. The van der Waals surface area contributed by atoms with E-state index in [-0.39, 0.29) is 17.6 Å². The van der Waals surface area contributed by atoms with Crippen LogP contribution in [0.5, 0.6) is 0 Å². The van der Waals surface area contributed by atoms with Gasteiger partial charge in [0.15, 0.2) is 0 Å². The van der Waals surface area contributed by atoms with Crippen LogP contribution in [0.3, 0.4) is 0 Å². The number of hydrogen-bond donors (Lipinski definition) is 0. The largest absolute Gasteiger partial charge is 0.444 e. The Bertz CT molecular complexity index is 804. The van der Waals surface area contributed by atoms with Crippen LogP contribution in [0.25, 0.3) is 0 Å². The molecule has 2 fully saturated rings. The van der Waals surface area contributed by atoms with Gasteiger partial charge in [0.25, 0.3) is 0 Å². The number of anilines is 1. The van der Waals surface area contributed by atoms with Gasteiger partial charge in [-0.2, -0.15) is 13.2 Å². The minimum absolute atomic E-state index is 0.0356. The molecule has 1 aromatic heterocycles. The zero-order valence-electron chi connectivity index (χ0n) is 18.0. The number of carbonyl (C=O) groups excluding carboxylic acids is 2. The Morgan fingerprint density at radius 1 is 1.03 bits per heavy atom. The molecule has 0 radical (unpaired) electrons. The molecule has 0 aromatic carbocycles. The lowest BCUT2D eigenvalue weighted by Crippen LogP contribution is -2.53. The monoisotopic (exact) mass is 443 g/mol. The molecular formula is C20H28F3N5O3. The number of likely N-dealkylation sites (tertiary alicyclic amines) is 1. The molecular weight excluding hydrogens is 415 g/mol. The van der Waals surface area contributed by atoms with Crippen molar-refractivity contribution in [1.82, 2.24) is 19.8 Å². The molecule has 1 unspecified atom stereocenters. The number of amides is 2. The second-order valence-corrected chi connectivity index (χ2v) is 8.84. The van der Waals surface area contributed by atoms with Crippen LogP contribution in [-0.2, 0) is 15.7 Å². The summed E-state index contributed by atoms with van der Waals surface area (Å²) in [5.74, 6) is -0.140. The SMILES string of the molecule is CC(C)(C)OC(=O)N1CCCC(C(=O)N2CCN(c3cc(C(F)(F)F)ncn3)CC2)C1. The van der Waals surface area contributed by atoms with E-state index in [2.05, 4.69) is 9.97 Å². The number of piperidine rings is 1. The van der Waals surface area contributed by atoms with Crippen LogP contribution in [0.15, 0.2) is 12.4 Å². The van der Waals surface area contributed by atoms with Crippen molar-refractivity contribution in [2.45, 2.75) is 45.4 Å². The molecule has 3 heterocycles. The standard InChI is InChI=1S/C20H28F3N5O3/c1-19(2,3)31-18(30)28-6-4-5-14(12-28)17(29)27-9-7-26(8-10-27)16-11-15(20(21,22)23)24-13-25-16/h11,13-14H,4-10,12H2,1-3H3. The van der Waals surface area contributed by atoms with E-state index < -0.39 is 23.6 Å². The summed E-state index contributed by atoms with van der Waals surface area (Å²) >= 11 is 0. The normalized spacial score (nSPS) is 20.6. The number of hydrogen-bond acceptors (Lipinski definition) is 6. The van der Waals surface area contributed by atoms with E-state index in [1.54, 1.807) is 35.5 Å². The van der Waals surface area contributed by atoms with E-state index >= 15 is 0 Å². The topological polar surface area (TPSA) is 78.9 Å². The Hall–Kier alpha value is -2.59. The summed E-state index contributed by atoms with van der Waals surface area (Å²) in [6.07, 6.45) is -2.63. The van der Waals surface area contributed by atoms with Gasteiger partial charge in [-0.25, -0.2) is 14.8 Å². The first-order chi connectivity index (χ1) is 14.4. The summed E-state index contributed by atoms with van der Waals surface area (Å²) in [5.41, 5.74) is -1.59. The molecule has 0 saturated carbocycles. The van der Waals surface area contributed by atoms with Gasteiger partial charge in [-0.05, 0) is 33.6 Å². The van der Waals surface area contributed by atoms with Crippen molar-refractivity contribution in [3.05, 3.63) is 18.1 Å². The maximum atomic E-state index is 13.0. The van der Waals surface area contributed by atoms with Crippen LogP contribution in [0.2, 0.25) is 0 Å². The van der Waals surface area contributed by atoms with Gasteiger partial charge < -0.3 is 19.4 Å². The molecule has 0 N–H and O–H groups in total. The Kier molecular flexibility index (Phi) is 6.61. The highest BCUT2D eigenvalue weighted by Crippen LogP contribution is 2.29. The molecule has 11 heteroatoms. The van der Waals surface area contributed by atoms with Gasteiger partial charge >= 0.3 is 12.3 Å². The predicted octanol–water partition coefficient (Wildman–Crippen LogP) is 2.79. The number of ether oxygens (including phenoxy) is 1. The predicted molar refractivity (Wildman–Crippen MR) is 106 cm³/mol. The third-order valence-corrected chi connectivity index (χ3v) is 5.28. The number of nitrogens with zero attached hydrogens (tertiary/aromatic N) is 5. The first-order valence-electron chi connectivity index (χ1n) is 10.3. The summed E-state index contributed by atoms with van der Waals surface area (Å²) in [6.45, 7) is 7.78. The fraction of sp³-hybridized carbons (Fsp3) is 0.700. The van der Waals surface area contributed by atoms with Gasteiger partial charge in [0.05, 0.1) is 5.92 Å². The van der Waals surface area contributed by atoms with E-state index in [9.17, 15) is 22.8 Å². The summed E-state index contributed by atoms with van der Waals surface area (Å²) in [7, 11) is 0. The quantitative estimate of drug-likeness (QED) is 0.700.